The number of amides is 3. The molecular formula is C12H15N4O10P. The Morgan fingerprint density at radius 1 is 1.44 bits per heavy atom. The van der Waals surface area contributed by atoms with Gasteiger partial charge in [0.2, 0.25) is 0 Å². The minimum absolute atomic E-state index is 0.0643. The molecule has 3 amide bonds. The standard InChI is InChI=1S/C9H8N4O6.C3H7O4P/c14-5-11-7(15)4-12(9(11)16)10-3-6-1-2-8(19-6)13(17)18;1-2-3(7-2)8(4,5)6/h1-3,14H,4-5H2;2-3H,1H3,(H2,4,5,6)/b10-3+;/t;2-,3+/m.0/s1. The van der Waals surface area contributed by atoms with E-state index >= 15 is 0 Å². The lowest BCUT2D eigenvalue weighted by atomic mass is 10.5. The third-order valence-corrected chi connectivity index (χ3v) is 4.51. The first kappa shape index (κ1) is 20.7. The van der Waals surface area contributed by atoms with Crippen LogP contribution in [0, 0.1) is 10.1 Å². The van der Waals surface area contributed by atoms with Crippen LogP contribution >= 0.6 is 7.60 Å². The molecule has 148 valence electrons. The van der Waals surface area contributed by atoms with Gasteiger partial charge in [0.1, 0.15) is 18.2 Å². The van der Waals surface area contributed by atoms with Crippen molar-refractivity contribution in [1.29, 1.82) is 0 Å². The highest BCUT2D eigenvalue weighted by Gasteiger charge is 2.48. The number of nitro groups is 1. The normalized spacial score (nSPS) is 22.2. The predicted molar refractivity (Wildman–Crippen MR) is 85.4 cm³/mol. The van der Waals surface area contributed by atoms with Crippen LogP contribution in [-0.4, -0.2) is 73.1 Å². The maximum absolute atomic E-state index is 11.5. The maximum Gasteiger partial charge on any atom is 0.433 e. The topological polar surface area (TPSA) is 200 Å². The molecule has 15 heteroatoms. The number of furan rings is 1. The first-order valence-electron chi connectivity index (χ1n) is 7.26. The third kappa shape index (κ3) is 5.18. The van der Waals surface area contributed by atoms with E-state index in [1.165, 1.54) is 6.07 Å². The van der Waals surface area contributed by atoms with Gasteiger partial charge in [0, 0.05) is 0 Å². The summed E-state index contributed by atoms with van der Waals surface area (Å²) in [6.07, 6.45) is 0.815. The van der Waals surface area contributed by atoms with Gasteiger partial charge in [0.05, 0.1) is 18.4 Å². The molecule has 2 aliphatic heterocycles. The number of epoxide rings is 1. The van der Waals surface area contributed by atoms with Gasteiger partial charge >= 0.3 is 19.5 Å². The van der Waals surface area contributed by atoms with Crippen LogP contribution in [0.15, 0.2) is 21.7 Å². The van der Waals surface area contributed by atoms with Crippen LogP contribution < -0.4 is 0 Å². The molecule has 0 bridgehead atoms. The Hall–Kier alpha value is -2.64. The van der Waals surface area contributed by atoms with Crippen LogP contribution in [0.5, 0.6) is 0 Å². The largest absolute Gasteiger partial charge is 0.433 e. The Morgan fingerprint density at radius 3 is 2.44 bits per heavy atom. The van der Waals surface area contributed by atoms with Crippen LogP contribution in [0.1, 0.15) is 12.7 Å². The van der Waals surface area contributed by atoms with E-state index < -0.39 is 42.9 Å². The van der Waals surface area contributed by atoms with Crippen molar-refractivity contribution in [2.24, 2.45) is 5.10 Å². The van der Waals surface area contributed by atoms with E-state index in [1.54, 1.807) is 6.92 Å². The summed E-state index contributed by atoms with van der Waals surface area (Å²) in [5.41, 5.74) is 0. The Kier molecular flexibility index (Phi) is 6.08. The minimum atomic E-state index is -3.90. The zero-order chi connectivity index (χ0) is 20.4. The predicted octanol–water partition coefficient (Wildman–Crippen LogP) is -0.355. The van der Waals surface area contributed by atoms with E-state index in [-0.39, 0.29) is 18.4 Å². The van der Waals surface area contributed by atoms with E-state index in [1.807, 2.05) is 0 Å². The Labute approximate surface area is 150 Å². The van der Waals surface area contributed by atoms with Gasteiger partial charge in [-0.1, -0.05) is 0 Å². The molecule has 2 saturated heterocycles. The number of carbonyl (C=O) groups is 2. The maximum atomic E-state index is 11.5. The summed E-state index contributed by atoms with van der Waals surface area (Å²) in [6, 6.07) is 1.66. The highest BCUT2D eigenvalue weighted by molar-refractivity contribution is 7.52. The van der Waals surface area contributed by atoms with Crippen LogP contribution in [0.4, 0.5) is 10.7 Å². The molecule has 0 aromatic carbocycles. The molecule has 0 aliphatic carbocycles. The SMILES string of the molecule is C[C@@H]1O[C@@H]1P(=O)(O)O.O=C1CN(/N=C/c2ccc([N+](=O)[O-])o2)C(=O)N1CO. The van der Waals surface area contributed by atoms with E-state index in [2.05, 4.69) is 9.84 Å². The number of hydrogen-bond acceptors (Lipinski definition) is 9. The number of rotatable bonds is 5. The number of carbonyl (C=O) groups excluding carboxylic acids is 2. The van der Waals surface area contributed by atoms with Gasteiger partial charge in [-0.05, 0) is 13.0 Å². The Bertz CT molecular complexity index is 817. The fourth-order valence-electron chi connectivity index (χ4n) is 1.92. The number of hydrogen-bond donors (Lipinski definition) is 3. The van der Waals surface area contributed by atoms with E-state index in [4.69, 9.17) is 19.3 Å². The van der Waals surface area contributed by atoms with Crippen molar-refractivity contribution in [3.63, 3.8) is 0 Å². The van der Waals surface area contributed by atoms with Crippen molar-refractivity contribution in [2.45, 2.75) is 18.9 Å². The van der Waals surface area contributed by atoms with Gasteiger partial charge in [0.15, 0.2) is 11.6 Å². The lowest BCUT2D eigenvalue weighted by Gasteiger charge is -2.09. The number of aliphatic hydroxyl groups is 1. The number of hydrazone groups is 1. The molecule has 27 heavy (non-hydrogen) atoms. The molecule has 0 radical (unpaired) electrons. The summed E-state index contributed by atoms with van der Waals surface area (Å²) in [6.45, 7) is 0.596. The molecule has 3 N–H and O–H groups in total. The summed E-state index contributed by atoms with van der Waals surface area (Å²) in [4.78, 5) is 49.7. The van der Waals surface area contributed by atoms with Crippen LogP contribution in [0.2, 0.25) is 0 Å². The van der Waals surface area contributed by atoms with Gasteiger partial charge in [-0.15, -0.1) is 0 Å². The molecule has 1 aromatic rings. The number of imide groups is 1. The fourth-order valence-corrected chi connectivity index (χ4v) is 2.82. The molecule has 1 aromatic heterocycles. The molecule has 3 rings (SSSR count). The molecule has 0 unspecified atom stereocenters. The zero-order valence-electron chi connectivity index (χ0n) is 13.7. The lowest BCUT2D eigenvalue weighted by molar-refractivity contribution is -0.402. The molecule has 2 fully saturated rings. The molecule has 0 saturated carbocycles. The molecule has 2 atom stereocenters. The highest BCUT2D eigenvalue weighted by Crippen LogP contribution is 2.52. The second-order valence-corrected chi connectivity index (χ2v) is 6.99. The number of nitrogens with zero attached hydrogens (tertiary/aromatic N) is 4. The summed E-state index contributed by atoms with van der Waals surface area (Å²) in [5.74, 6) is -1.80. The first-order valence-corrected chi connectivity index (χ1v) is 8.94. The van der Waals surface area contributed by atoms with Gasteiger partial charge in [-0.3, -0.25) is 19.5 Å². The molecular weight excluding hydrogens is 391 g/mol. The summed E-state index contributed by atoms with van der Waals surface area (Å²) in [5, 5.41) is 23.6. The van der Waals surface area contributed by atoms with Crippen LogP contribution in [-0.2, 0) is 14.1 Å². The van der Waals surface area contributed by atoms with Crippen molar-refractivity contribution >= 4 is 31.6 Å². The van der Waals surface area contributed by atoms with Crippen LogP contribution in [0.3, 0.4) is 0 Å². The lowest BCUT2D eigenvalue weighted by Crippen LogP contribution is -2.32. The summed E-state index contributed by atoms with van der Waals surface area (Å²) in [7, 11) is -3.90. The first-order chi connectivity index (χ1) is 12.5. The number of urea groups is 1. The highest BCUT2D eigenvalue weighted by atomic mass is 31.2. The van der Waals surface area contributed by atoms with Gasteiger partial charge in [0.25, 0.3) is 5.91 Å². The minimum Gasteiger partial charge on any atom is -0.400 e. The third-order valence-electron chi connectivity index (χ3n) is 3.31. The zero-order valence-corrected chi connectivity index (χ0v) is 14.6. The van der Waals surface area contributed by atoms with E-state index in [9.17, 15) is 24.3 Å². The van der Waals surface area contributed by atoms with E-state index in [0.717, 1.165) is 17.3 Å². The molecule has 0 spiro atoms. The molecule has 14 nitrogen and oxygen atoms in total. The Morgan fingerprint density at radius 2 is 2.07 bits per heavy atom. The van der Waals surface area contributed by atoms with Crippen molar-refractivity contribution in [3.8, 4) is 0 Å². The van der Waals surface area contributed by atoms with Crippen molar-refractivity contribution in [2.75, 3.05) is 13.3 Å². The smallest absolute Gasteiger partial charge is 0.400 e. The van der Waals surface area contributed by atoms with Crippen molar-refractivity contribution < 1.29 is 43.1 Å². The Balaban J connectivity index is 0.000000273. The van der Waals surface area contributed by atoms with Crippen molar-refractivity contribution in [1.82, 2.24) is 9.91 Å². The quantitative estimate of drug-likeness (QED) is 0.145. The van der Waals surface area contributed by atoms with E-state index in [0.29, 0.717) is 4.90 Å². The fraction of sp³-hybridized carbons (Fsp3) is 0.417. The van der Waals surface area contributed by atoms with Gasteiger partial charge in [-0.25, -0.2) is 14.7 Å². The summed E-state index contributed by atoms with van der Waals surface area (Å²) >= 11 is 0. The van der Waals surface area contributed by atoms with Crippen LogP contribution in [0.25, 0.3) is 0 Å². The second kappa shape index (κ2) is 7.94. The average Bonchev–Trinajstić information content (AvgIpc) is 3.04. The summed E-state index contributed by atoms with van der Waals surface area (Å²) < 4.78 is 19.5. The monoisotopic (exact) mass is 406 g/mol. The molecule has 3 heterocycles. The number of ether oxygens (including phenoxy) is 1. The second-order valence-electron chi connectivity index (χ2n) is 5.30. The average molecular weight is 406 g/mol. The number of aliphatic hydroxyl groups excluding tert-OH is 1. The van der Waals surface area contributed by atoms with Gasteiger partial charge in [-0.2, -0.15) is 5.10 Å². The van der Waals surface area contributed by atoms with Gasteiger partial charge < -0.3 is 24.0 Å². The molecule has 2 aliphatic rings. The van der Waals surface area contributed by atoms with Crippen molar-refractivity contribution in [3.05, 3.63) is 28.0 Å².